The van der Waals surface area contributed by atoms with Crippen LogP contribution < -0.4 is 10.6 Å². The van der Waals surface area contributed by atoms with Gasteiger partial charge in [-0.05, 0) is 24.0 Å². The minimum atomic E-state index is -0.122. The van der Waals surface area contributed by atoms with E-state index in [1.165, 1.54) is 0 Å². The average molecular weight is 276 g/mol. The Morgan fingerprint density at radius 1 is 1.25 bits per heavy atom. The quantitative estimate of drug-likeness (QED) is 0.863. The van der Waals surface area contributed by atoms with Crippen molar-refractivity contribution in [3.05, 3.63) is 30.3 Å². The Labute approximate surface area is 123 Å². The van der Waals surface area contributed by atoms with Crippen molar-refractivity contribution in [2.75, 3.05) is 11.4 Å². The van der Waals surface area contributed by atoms with Gasteiger partial charge in [-0.25, -0.2) is 0 Å². The lowest BCUT2D eigenvalue weighted by molar-refractivity contribution is -0.119. The third-order valence-electron chi connectivity index (χ3n) is 3.61. The molecule has 1 unspecified atom stereocenters. The molecule has 3 nitrogen and oxygen atoms in total. The first-order valence-corrected chi connectivity index (χ1v) is 7.47. The summed E-state index contributed by atoms with van der Waals surface area (Å²) in [6, 6.07) is 9.73. The molecule has 0 aliphatic carbocycles. The summed E-state index contributed by atoms with van der Waals surface area (Å²) >= 11 is 0. The number of hydrogen-bond donors (Lipinski definition) is 1. The fourth-order valence-corrected chi connectivity index (χ4v) is 1.93. The molecule has 0 fully saturated rings. The number of anilines is 1. The van der Waals surface area contributed by atoms with Gasteiger partial charge in [0.05, 0.1) is 0 Å². The molecule has 1 aromatic rings. The van der Waals surface area contributed by atoms with Crippen LogP contribution in [-0.2, 0) is 4.79 Å². The Balaban J connectivity index is 2.81. The van der Waals surface area contributed by atoms with Gasteiger partial charge in [0, 0.05) is 24.7 Å². The van der Waals surface area contributed by atoms with Crippen LogP contribution >= 0.6 is 0 Å². The normalized spacial score (nSPS) is 13.1. The summed E-state index contributed by atoms with van der Waals surface area (Å²) < 4.78 is 0. The van der Waals surface area contributed by atoms with E-state index in [9.17, 15) is 4.79 Å². The van der Waals surface area contributed by atoms with E-state index in [1.807, 2.05) is 35.2 Å². The summed E-state index contributed by atoms with van der Waals surface area (Å²) in [5, 5.41) is 0. The van der Waals surface area contributed by atoms with Crippen LogP contribution in [0.25, 0.3) is 0 Å². The van der Waals surface area contributed by atoms with Crippen molar-refractivity contribution in [1.29, 1.82) is 0 Å². The van der Waals surface area contributed by atoms with Crippen LogP contribution in [0.1, 0.15) is 47.0 Å². The molecule has 20 heavy (non-hydrogen) atoms. The second kappa shape index (κ2) is 7.44. The lowest BCUT2D eigenvalue weighted by Gasteiger charge is -2.30. The molecular formula is C17H28N2O. The van der Waals surface area contributed by atoms with Crippen LogP contribution in [0.15, 0.2) is 30.3 Å². The van der Waals surface area contributed by atoms with Crippen molar-refractivity contribution in [2.24, 2.45) is 11.1 Å². The molecule has 1 aromatic carbocycles. The number of hydrogen-bond acceptors (Lipinski definition) is 2. The van der Waals surface area contributed by atoms with Gasteiger partial charge in [0.1, 0.15) is 0 Å². The molecule has 2 N–H and O–H groups in total. The lowest BCUT2D eigenvalue weighted by atomic mass is 9.85. The minimum absolute atomic E-state index is 0.0528. The van der Waals surface area contributed by atoms with Crippen LogP contribution in [0.3, 0.4) is 0 Å². The highest BCUT2D eigenvalue weighted by molar-refractivity contribution is 5.93. The SMILES string of the molecule is CCCCN(C(=O)CC(N)C(C)(C)C)c1ccccc1. The topological polar surface area (TPSA) is 46.3 Å². The molecule has 1 amide bonds. The van der Waals surface area contributed by atoms with E-state index < -0.39 is 0 Å². The predicted octanol–water partition coefficient (Wildman–Crippen LogP) is 3.58. The molecule has 0 heterocycles. The van der Waals surface area contributed by atoms with Crippen molar-refractivity contribution < 1.29 is 4.79 Å². The summed E-state index contributed by atoms with van der Waals surface area (Å²) in [5.41, 5.74) is 7.06. The smallest absolute Gasteiger partial charge is 0.228 e. The standard InChI is InChI=1S/C17H28N2O/c1-5-6-12-19(14-10-8-7-9-11-14)16(20)13-15(18)17(2,3)4/h7-11,15H,5-6,12-13,18H2,1-4H3. The Kier molecular flexibility index (Phi) is 6.21. The van der Waals surface area contributed by atoms with E-state index in [4.69, 9.17) is 5.73 Å². The van der Waals surface area contributed by atoms with E-state index in [-0.39, 0.29) is 17.4 Å². The molecular weight excluding hydrogens is 248 g/mol. The summed E-state index contributed by atoms with van der Waals surface area (Å²) in [7, 11) is 0. The van der Waals surface area contributed by atoms with Crippen LogP contribution in [0.5, 0.6) is 0 Å². The Bertz CT molecular complexity index is 409. The van der Waals surface area contributed by atoms with Gasteiger partial charge in [-0.3, -0.25) is 4.79 Å². The monoisotopic (exact) mass is 276 g/mol. The number of para-hydroxylation sites is 1. The lowest BCUT2D eigenvalue weighted by Crippen LogP contribution is -2.42. The summed E-state index contributed by atoms with van der Waals surface area (Å²) in [6.45, 7) is 9.11. The van der Waals surface area contributed by atoms with Crippen LogP contribution in [-0.4, -0.2) is 18.5 Å². The highest BCUT2D eigenvalue weighted by Crippen LogP contribution is 2.22. The molecule has 0 aromatic heterocycles. The number of benzene rings is 1. The number of nitrogens with two attached hydrogens (primary N) is 1. The number of rotatable bonds is 6. The van der Waals surface area contributed by atoms with Crippen molar-refractivity contribution in [3.8, 4) is 0 Å². The molecule has 1 rings (SSSR count). The molecule has 0 saturated carbocycles. The average Bonchev–Trinajstić information content (AvgIpc) is 2.39. The third-order valence-corrected chi connectivity index (χ3v) is 3.61. The highest BCUT2D eigenvalue weighted by atomic mass is 16.2. The molecule has 0 spiro atoms. The maximum Gasteiger partial charge on any atom is 0.228 e. The molecule has 0 aliphatic heterocycles. The number of unbranched alkanes of at least 4 members (excludes halogenated alkanes) is 1. The number of amides is 1. The Hall–Kier alpha value is -1.35. The van der Waals surface area contributed by atoms with E-state index in [2.05, 4.69) is 27.7 Å². The first kappa shape index (κ1) is 16.7. The Morgan fingerprint density at radius 3 is 2.35 bits per heavy atom. The van der Waals surface area contributed by atoms with Gasteiger partial charge in [0.15, 0.2) is 0 Å². The van der Waals surface area contributed by atoms with Crippen molar-refractivity contribution >= 4 is 11.6 Å². The Morgan fingerprint density at radius 2 is 1.85 bits per heavy atom. The molecule has 0 saturated heterocycles. The van der Waals surface area contributed by atoms with E-state index in [0.29, 0.717) is 6.42 Å². The van der Waals surface area contributed by atoms with Crippen molar-refractivity contribution in [3.63, 3.8) is 0 Å². The number of carbonyl (C=O) groups excluding carboxylic acids is 1. The van der Waals surface area contributed by atoms with Crippen LogP contribution in [0.2, 0.25) is 0 Å². The first-order valence-electron chi connectivity index (χ1n) is 7.47. The number of carbonyl (C=O) groups is 1. The maximum atomic E-state index is 12.6. The molecule has 0 aliphatic rings. The first-order chi connectivity index (χ1) is 9.36. The fraction of sp³-hybridized carbons (Fsp3) is 0.588. The zero-order valence-corrected chi connectivity index (χ0v) is 13.2. The predicted molar refractivity (Wildman–Crippen MR) is 85.8 cm³/mol. The van der Waals surface area contributed by atoms with Crippen molar-refractivity contribution in [1.82, 2.24) is 0 Å². The minimum Gasteiger partial charge on any atom is -0.327 e. The van der Waals surface area contributed by atoms with E-state index in [1.54, 1.807) is 0 Å². The van der Waals surface area contributed by atoms with Gasteiger partial charge in [-0.1, -0.05) is 52.3 Å². The second-order valence-corrected chi connectivity index (χ2v) is 6.41. The molecule has 0 bridgehead atoms. The summed E-state index contributed by atoms with van der Waals surface area (Å²) in [6.07, 6.45) is 2.47. The second-order valence-electron chi connectivity index (χ2n) is 6.41. The third kappa shape index (κ3) is 4.97. The van der Waals surface area contributed by atoms with Gasteiger partial charge < -0.3 is 10.6 Å². The van der Waals surface area contributed by atoms with Gasteiger partial charge >= 0.3 is 0 Å². The molecule has 112 valence electrons. The summed E-state index contributed by atoms with van der Waals surface area (Å²) in [5.74, 6) is 0.118. The molecule has 1 atom stereocenters. The van der Waals surface area contributed by atoms with Gasteiger partial charge in [0.25, 0.3) is 0 Å². The molecule has 0 radical (unpaired) electrons. The van der Waals surface area contributed by atoms with E-state index >= 15 is 0 Å². The zero-order chi connectivity index (χ0) is 15.2. The summed E-state index contributed by atoms with van der Waals surface area (Å²) in [4.78, 5) is 14.4. The van der Waals surface area contributed by atoms with E-state index in [0.717, 1.165) is 25.1 Å². The van der Waals surface area contributed by atoms with Crippen LogP contribution in [0.4, 0.5) is 5.69 Å². The fourth-order valence-electron chi connectivity index (χ4n) is 1.93. The highest BCUT2D eigenvalue weighted by Gasteiger charge is 2.26. The van der Waals surface area contributed by atoms with Gasteiger partial charge in [0.2, 0.25) is 5.91 Å². The van der Waals surface area contributed by atoms with Crippen LogP contribution in [0, 0.1) is 5.41 Å². The number of nitrogens with zero attached hydrogens (tertiary/aromatic N) is 1. The van der Waals surface area contributed by atoms with Gasteiger partial charge in [-0.15, -0.1) is 0 Å². The van der Waals surface area contributed by atoms with Gasteiger partial charge in [-0.2, -0.15) is 0 Å². The maximum absolute atomic E-state index is 12.6. The molecule has 3 heteroatoms. The zero-order valence-electron chi connectivity index (χ0n) is 13.2. The van der Waals surface area contributed by atoms with Crippen molar-refractivity contribution in [2.45, 2.75) is 53.0 Å². The largest absolute Gasteiger partial charge is 0.327 e.